The van der Waals surface area contributed by atoms with Crippen molar-refractivity contribution in [1.82, 2.24) is 4.90 Å². The van der Waals surface area contributed by atoms with Crippen LogP contribution in [0.15, 0.2) is 0 Å². The average molecular weight is 328 g/mol. The minimum Gasteiger partial charge on any atom is -0.389 e. The minimum atomic E-state index is -0.405. The van der Waals surface area contributed by atoms with Crippen LogP contribution in [0, 0.1) is 17.8 Å². The molecule has 23 heavy (non-hydrogen) atoms. The SMILES string of the molecule is CC(C)[C@@H]1CC[C@@H](C)C[C@@H]1OC[C@@H](O)CN1C[C@@H](C)O[C@@H](C)C1. The summed E-state index contributed by atoms with van der Waals surface area (Å²) in [5.74, 6) is 2.04. The van der Waals surface area contributed by atoms with Crippen LogP contribution in [0.3, 0.4) is 0 Å². The first-order valence-electron chi connectivity index (χ1n) is 9.52. The molecule has 2 fully saturated rings. The van der Waals surface area contributed by atoms with Crippen molar-refractivity contribution in [2.75, 3.05) is 26.2 Å². The highest BCUT2D eigenvalue weighted by Crippen LogP contribution is 2.35. The summed E-state index contributed by atoms with van der Waals surface area (Å²) < 4.78 is 11.9. The van der Waals surface area contributed by atoms with E-state index in [1.54, 1.807) is 0 Å². The van der Waals surface area contributed by atoms with Gasteiger partial charge in [0.2, 0.25) is 0 Å². The summed E-state index contributed by atoms with van der Waals surface area (Å²) in [6.07, 6.45) is 4.12. The largest absolute Gasteiger partial charge is 0.389 e. The van der Waals surface area contributed by atoms with Gasteiger partial charge in [-0.25, -0.2) is 0 Å². The summed E-state index contributed by atoms with van der Waals surface area (Å²) in [5, 5.41) is 10.4. The molecule has 1 heterocycles. The van der Waals surface area contributed by atoms with Gasteiger partial charge in [0.15, 0.2) is 0 Å². The molecule has 0 radical (unpaired) electrons. The van der Waals surface area contributed by atoms with Crippen molar-refractivity contribution in [2.45, 2.75) is 78.3 Å². The molecule has 0 aromatic heterocycles. The number of β-amino-alcohol motifs (C(OH)–C–C–N with tert-alkyl or cyclic N) is 1. The van der Waals surface area contributed by atoms with Gasteiger partial charge in [0, 0.05) is 19.6 Å². The molecule has 0 bridgehead atoms. The van der Waals surface area contributed by atoms with E-state index in [0.29, 0.717) is 31.1 Å². The lowest BCUT2D eigenvalue weighted by Gasteiger charge is -2.38. The third kappa shape index (κ3) is 6.00. The predicted octanol–water partition coefficient (Wildman–Crippen LogP) is 2.93. The number of hydrogen-bond donors (Lipinski definition) is 1. The van der Waals surface area contributed by atoms with Crippen LogP contribution in [-0.2, 0) is 9.47 Å². The van der Waals surface area contributed by atoms with Crippen molar-refractivity contribution in [3.8, 4) is 0 Å². The van der Waals surface area contributed by atoms with Gasteiger partial charge in [-0.05, 0) is 44.4 Å². The third-order valence-electron chi connectivity index (χ3n) is 5.43. The number of morpholine rings is 1. The Balaban J connectivity index is 1.77. The van der Waals surface area contributed by atoms with E-state index in [4.69, 9.17) is 9.47 Å². The highest BCUT2D eigenvalue weighted by molar-refractivity contribution is 4.82. The van der Waals surface area contributed by atoms with Gasteiger partial charge in [-0.3, -0.25) is 4.90 Å². The second kappa shape index (κ2) is 8.80. The molecule has 4 heteroatoms. The maximum absolute atomic E-state index is 10.4. The Morgan fingerprint density at radius 3 is 2.39 bits per heavy atom. The fourth-order valence-electron chi connectivity index (χ4n) is 4.33. The minimum absolute atomic E-state index is 0.247. The van der Waals surface area contributed by atoms with E-state index in [-0.39, 0.29) is 12.2 Å². The number of rotatable bonds is 6. The second-order valence-corrected chi connectivity index (χ2v) is 8.33. The summed E-state index contributed by atoms with van der Waals surface area (Å²) in [5.41, 5.74) is 0. The van der Waals surface area contributed by atoms with Gasteiger partial charge >= 0.3 is 0 Å². The van der Waals surface area contributed by atoms with Crippen LogP contribution in [0.2, 0.25) is 0 Å². The topological polar surface area (TPSA) is 41.9 Å². The van der Waals surface area contributed by atoms with E-state index in [2.05, 4.69) is 39.5 Å². The van der Waals surface area contributed by atoms with E-state index < -0.39 is 6.10 Å². The molecule has 0 aromatic rings. The molecule has 2 rings (SSSR count). The Kier molecular flexibility index (Phi) is 7.33. The molecule has 136 valence electrons. The zero-order chi connectivity index (χ0) is 17.0. The molecule has 1 saturated heterocycles. The smallest absolute Gasteiger partial charge is 0.0900 e. The van der Waals surface area contributed by atoms with Gasteiger partial charge in [-0.15, -0.1) is 0 Å². The monoisotopic (exact) mass is 327 g/mol. The van der Waals surface area contributed by atoms with Gasteiger partial charge in [0.1, 0.15) is 0 Å². The molecule has 2 aliphatic rings. The van der Waals surface area contributed by atoms with Crippen LogP contribution in [0.4, 0.5) is 0 Å². The summed E-state index contributed by atoms with van der Waals surface area (Å²) >= 11 is 0. The molecule has 0 unspecified atom stereocenters. The van der Waals surface area contributed by atoms with Gasteiger partial charge < -0.3 is 14.6 Å². The van der Waals surface area contributed by atoms with E-state index in [9.17, 15) is 5.11 Å². The Bertz CT molecular complexity index is 340. The van der Waals surface area contributed by atoms with Gasteiger partial charge in [0.05, 0.1) is 31.0 Å². The Labute approximate surface area is 142 Å². The van der Waals surface area contributed by atoms with E-state index >= 15 is 0 Å². The Morgan fingerprint density at radius 2 is 1.78 bits per heavy atom. The third-order valence-corrected chi connectivity index (χ3v) is 5.43. The van der Waals surface area contributed by atoms with Crippen molar-refractivity contribution in [1.29, 1.82) is 0 Å². The zero-order valence-corrected chi connectivity index (χ0v) is 15.7. The van der Waals surface area contributed by atoms with Gasteiger partial charge in [-0.2, -0.15) is 0 Å². The molecule has 6 atom stereocenters. The van der Waals surface area contributed by atoms with E-state index in [1.807, 2.05) is 0 Å². The lowest BCUT2D eigenvalue weighted by atomic mass is 9.75. The fraction of sp³-hybridized carbons (Fsp3) is 1.00. The van der Waals surface area contributed by atoms with Gasteiger partial charge in [0.25, 0.3) is 0 Å². The average Bonchev–Trinajstić information content (AvgIpc) is 2.43. The maximum atomic E-state index is 10.4. The van der Waals surface area contributed by atoms with Crippen molar-refractivity contribution in [3.63, 3.8) is 0 Å². The maximum Gasteiger partial charge on any atom is 0.0900 e. The van der Waals surface area contributed by atoms with Crippen LogP contribution in [-0.4, -0.2) is 60.7 Å². The lowest BCUT2D eigenvalue weighted by molar-refractivity contribution is -0.0974. The van der Waals surface area contributed by atoms with Crippen LogP contribution in [0.25, 0.3) is 0 Å². The number of aliphatic hydroxyl groups is 1. The van der Waals surface area contributed by atoms with Crippen molar-refractivity contribution in [2.24, 2.45) is 17.8 Å². The quantitative estimate of drug-likeness (QED) is 0.814. The van der Waals surface area contributed by atoms with Crippen molar-refractivity contribution in [3.05, 3.63) is 0 Å². The number of aliphatic hydroxyl groups excluding tert-OH is 1. The van der Waals surface area contributed by atoms with E-state index in [0.717, 1.165) is 25.4 Å². The first kappa shape index (κ1) is 19.2. The van der Waals surface area contributed by atoms with Crippen LogP contribution < -0.4 is 0 Å². The summed E-state index contributed by atoms with van der Waals surface area (Å²) in [6, 6.07) is 0. The Hall–Kier alpha value is -0.160. The number of ether oxygens (including phenoxy) is 2. The summed E-state index contributed by atoms with van der Waals surface area (Å²) in [6.45, 7) is 14.1. The first-order chi connectivity index (χ1) is 10.8. The van der Waals surface area contributed by atoms with Crippen molar-refractivity contribution < 1.29 is 14.6 Å². The molecule has 4 nitrogen and oxygen atoms in total. The lowest BCUT2D eigenvalue weighted by Crippen LogP contribution is -2.49. The first-order valence-corrected chi connectivity index (χ1v) is 9.52. The number of nitrogens with zero attached hydrogens (tertiary/aromatic N) is 1. The predicted molar refractivity (Wildman–Crippen MR) is 93.5 cm³/mol. The molecular weight excluding hydrogens is 290 g/mol. The normalized spacial score (nSPS) is 38.0. The number of hydrogen-bond acceptors (Lipinski definition) is 4. The summed E-state index contributed by atoms with van der Waals surface area (Å²) in [7, 11) is 0. The zero-order valence-electron chi connectivity index (χ0n) is 15.7. The highest BCUT2D eigenvalue weighted by Gasteiger charge is 2.32. The molecule has 0 amide bonds. The molecule has 0 spiro atoms. The molecule has 1 aliphatic carbocycles. The van der Waals surface area contributed by atoms with Crippen LogP contribution in [0.1, 0.15) is 53.9 Å². The fourth-order valence-corrected chi connectivity index (χ4v) is 4.33. The molecule has 1 aliphatic heterocycles. The molecule has 1 saturated carbocycles. The highest BCUT2D eigenvalue weighted by atomic mass is 16.5. The standard InChI is InChI=1S/C19H37NO3/c1-13(2)18-7-6-14(3)8-19(18)22-12-17(21)11-20-9-15(4)23-16(5)10-20/h13-19,21H,6-12H2,1-5H3/t14-,15-,16+,17+,18+,19+/m1/s1. The Morgan fingerprint density at radius 1 is 1.13 bits per heavy atom. The molecule has 1 N–H and O–H groups in total. The second-order valence-electron chi connectivity index (χ2n) is 8.33. The van der Waals surface area contributed by atoms with Crippen LogP contribution in [0.5, 0.6) is 0 Å². The molecule has 0 aromatic carbocycles. The van der Waals surface area contributed by atoms with Crippen molar-refractivity contribution >= 4 is 0 Å². The van der Waals surface area contributed by atoms with Crippen LogP contribution >= 0.6 is 0 Å². The van der Waals surface area contributed by atoms with Gasteiger partial charge in [-0.1, -0.05) is 27.2 Å². The summed E-state index contributed by atoms with van der Waals surface area (Å²) in [4.78, 5) is 2.30. The van der Waals surface area contributed by atoms with E-state index in [1.165, 1.54) is 12.8 Å². The molecular formula is C19H37NO3.